The summed E-state index contributed by atoms with van der Waals surface area (Å²) >= 11 is 6.76. The molecule has 3 unspecified atom stereocenters. The Bertz CT molecular complexity index is 1640. The van der Waals surface area contributed by atoms with E-state index in [4.69, 9.17) is 16.3 Å². The van der Waals surface area contributed by atoms with Crippen LogP contribution < -0.4 is 15.3 Å². The van der Waals surface area contributed by atoms with E-state index in [1.165, 1.54) is 16.7 Å². The highest BCUT2D eigenvalue weighted by Crippen LogP contribution is 2.47. The average Bonchev–Trinajstić information content (AvgIpc) is 3.27. The first kappa shape index (κ1) is 28.5. The molecule has 4 atom stereocenters. The van der Waals surface area contributed by atoms with Crippen LogP contribution in [-0.2, 0) is 4.79 Å². The lowest BCUT2D eigenvalue weighted by Crippen LogP contribution is -2.54. The van der Waals surface area contributed by atoms with Gasteiger partial charge in [-0.15, -0.1) is 0 Å². The smallest absolute Gasteiger partial charge is 0.350 e. The van der Waals surface area contributed by atoms with Crippen LogP contribution in [0.2, 0.25) is 5.02 Å². The Morgan fingerprint density at radius 2 is 1.90 bits per heavy atom. The van der Waals surface area contributed by atoms with E-state index in [1.807, 2.05) is 11.8 Å². The summed E-state index contributed by atoms with van der Waals surface area (Å²) in [5, 5.41) is 0.553. The molecule has 0 spiro atoms. The molecule has 8 nitrogen and oxygen atoms in total. The number of rotatable bonds is 5. The van der Waals surface area contributed by atoms with Crippen molar-refractivity contribution in [2.45, 2.75) is 31.4 Å². The summed E-state index contributed by atoms with van der Waals surface area (Å²) < 4.78 is 64.4. The molecule has 0 radical (unpaired) electrons. The zero-order valence-electron chi connectivity index (χ0n) is 22.7. The molecule has 3 aromatic rings. The third-order valence-electron chi connectivity index (χ3n) is 8.19. The van der Waals surface area contributed by atoms with Crippen LogP contribution >= 0.6 is 11.6 Å². The van der Waals surface area contributed by atoms with Gasteiger partial charge in [-0.2, -0.15) is 4.98 Å². The van der Waals surface area contributed by atoms with Crippen molar-refractivity contribution in [1.82, 2.24) is 19.4 Å². The Balaban J connectivity index is 1.52. The number of aromatic nitrogens is 2. The molecule has 0 saturated carbocycles. The molecule has 2 saturated heterocycles. The number of hydrogen-bond donors (Lipinski definition) is 0. The predicted molar refractivity (Wildman–Crippen MR) is 151 cm³/mol. The maximum atomic E-state index is 15.0. The van der Waals surface area contributed by atoms with Gasteiger partial charge in [-0.1, -0.05) is 18.2 Å². The van der Waals surface area contributed by atoms with E-state index in [9.17, 15) is 22.8 Å². The minimum atomic E-state index is -1.63. The summed E-state index contributed by atoms with van der Waals surface area (Å²) in [6.45, 7) is 6.35. The molecule has 3 aliphatic rings. The number of benzene rings is 2. The monoisotopic (exact) mass is 605 g/mol. The summed E-state index contributed by atoms with van der Waals surface area (Å²) in [5.41, 5.74) is -0.189. The molecule has 2 fully saturated rings. The van der Waals surface area contributed by atoms with Crippen LogP contribution in [-0.4, -0.2) is 89.5 Å². The number of alkyl halides is 2. The third-order valence-corrected chi connectivity index (χ3v) is 8.49. The maximum absolute atomic E-state index is 15.0. The minimum Gasteiger partial charge on any atom is -0.488 e. The second-order valence-electron chi connectivity index (χ2n) is 10.9. The van der Waals surface area contributed by atoms with Crippen molar-refractivity contribution in [2.75, 3.05) is 50.8 Å². The van der Waals surface area contributed by atoms with Gasteiger partial charge in [-0.3, -0.25) is 14.3 Å². The zero-order valence-corrected chi connectivity index (χ0v) is 23.5. The first-order valence-corrected chi connectivity index (χ1v) is 14.0. The van der Waals surface area contributed by atoms with Crippen molar-refractivity contribution in [3.8, 4) is 16.9 Å². The van der Waals surface area contributed by atoms with Gasteiger partial charge in [0.15, 0.2) is 5.75 Å². The second kappa shape index (κ2) is 10.9. The number of amides is 1. The summed E-state index contributed by atoms with van der Waals surface area (Å²) in [5.74, 6) is -1.39. The lowest BCUT2D eigenvalue weighted by molar-refractivity contribution is -0.126. The summed E-state index contributed by atoms with van der Waals surface area (Å²) in [6.07, 6.45) is -2.00. The minimum absolute atomic E-state index is 0.0147. The van der Waals surface area contributed by atoms with Gasteiger partial charge in [-0.25, -0.2) is 22.4 Å². The number of anilines is 1. The fraction of sp³-hybridized carbons (Fsp3) is 0.414. The lowest BCUT2D eigenvalue weighted by atomic mass is 9.99. The molecule has 42 heavy (non-hydrogen) atoms. The highest BCUT2D eigenvalue weighted by molar-refractivity contribution is 6.35. The van der Waals surface area contributed by atoms with Crippen LogP contribution in [0.25, 0.3) is 22.0 Å². The van der Waals surface area contributed by atoms with E-state index < -0.39 is 35.7 Å². The van der Waals surface area contributed by atoms with E-state index in [0.29, 0.717) is 36.4 Å². The molecule has 6 rings (SSSR count). The Morgan fingerprint density at radius 1 is 1.17 bits per heavy atom. The number of carbonyl (C=O) groups excluding carboxylic acids is 1. The fourth-order valence-electron chi connectivity index (χ4n) is 6.20. The molecule has 13 heteroatoms. The number of halogens is 5. The van der Waals surface area contributed by atoms with Crippen molar-refractivity contribution in [3.05, 3.63) is 64.1 Å². The Labute approximate surface area is 243 Å². The molecule has 0 aliphatic carbocycles. The van der Waals surface area contributed by atoms with E-state index in [1.54, 1.807) is 15.9 Å². The molecule has 222 valence electrons. The van der Waals surface area contributed by atoms with E-state index in [-0.39, 0.29) is 60.1 Å². The molecule has 1 amide bonds. The number of likely N-dealkylation sites (tertiary alicyclic amines) is 1. The Morgan fingerprint density at radius 3 is 2.57 bits per heavy atom. The number of hydrogen-bond acceptors (Lipinski definition) is 6. The summed E-state index contributed by atoms with van der Waals surface area (Å²) in [7, 11) is 0. The number of ether oxygens (including phenoxy) is 1. The van der Waals surface area contributed by atoms with Crippen LogP contribution in [0.3, 0.4) is 0 Å². The predicted octanol–water partition coefficient (Wildman–Crippen LogP) is 4.14. The van der Waals surface area contributed by atoms with Gasteiger partial charge < -0.3 is 14.5 Å². The van der Waals surface area contributed by atoms with Crippen molar-refractivity contribution < 1.29 is 27.1 Å². The van der Waals surface area contributed by atoms with Gasteiger partial charge in [0, 0.05) is 67.9 Å². The van der Waals surface area contributed by atoms with Crippen molar-refractivity contribution in [1.29, 1.82) is 0 Å². The lowest BCUT2D eigenvalue weighted by Gasteiger charge is -2.41. The van der Waals surface area contributed by atoms with E-state index in [2.05, 4.69) is 11.6 Å². The molecule has 2 aromatic carbocycles. The first-order chi connectivity index (χ1) is 20.1. The van der Waals surface area contributed by atoms with Gasteiger partial charge in [0.2, 0.25) is 5.91 Å². The Kier molecular flexibility index (Phi) is 7.38. The van der Waals surface area contributed by atoms with E-state index in [0.717, 1.165) is 12.1 Å². The first-order valence-electron chi connectivity index (χ1n) is 13.6. The zero-order chi connectivity index (χ0) is 29.9. The van der Waals surface area contributed by atoms with Gasteiger partial charge >= 0.3 is 5.69 Å². The quantitative estimate of drug-likeness (QED) is 0.322. The largest absolute Gasteiger partial charge is 0.488 e. The van der Waals surface area contributed by atoms with Crippen LogP contribution in [0.5, 0.6) is 5.75 Å². The summed E-state index contributed by atoms with van der Waals surface area (Å²) in [6, 6.07) is 3.76. The molecule has 3 aliphatic heterocycles. The van der Waals surface area contributed by atoms with Crippen molar-refractivity contribution in [3.63, 3.8) is 0 Å². The van der Waals surface area contributed by atoms with E-state index >= 15 is 4.39 Å². The molecular formula is C29H28ClF4N5O3. The molecule has 0 N–H and O–H groups in total. The normalized spacial score (nSPS) is 24.2. The Hall–Kier alpha value is -3.64. The van der Waals surface area contributed by atoms with Crippen LogP contribution in [0.4, 0.5) is 23.4 Å². The third kappa shape index (κ3) is 4.80. The van der Waals surface area contributed by atoms with Gasteiger partial charge in [0.05, 0.1) is 16.6 Å². The molecule has 1 aromatic heterocycles. The molecule has 0 bridgehead atoms. The molecule has 4 heterocycles. The van der Waals surface area contributed by atoms with Crippen LogP contribution in [0.1, 0.15) is 13.0 Å². The highest BCUT2D eigenvalue weighted by atomic mass is 35.5. The van der Waals surface area contributed by atoms with Crippen LogP contribution in [0, 0.1) is 11.6 Å². The SMILES string of the molecule is C=CC(=O)N1CCN(c2nc(=O)n3c4c(c(-c5ccc(F)cc5F)c(Cl)cc24)OCC3CN2CC(F)C(F)C2)[C@@H](C)C1. The number of carbonyl (C=O) groups is 1. The summed E-state index contributed by atoms with van der Waals surface area (Å²) in [4.78, 5) is 35.6. The van der Waals surface area contributed by atoms with Gasteiger partial charge in [-0.05, 0) is 31.2 Å². The topological polar surface area (TPSA) is 70.9 Å². The number of piperazine rings is 1. The van der Waals surface area contributed by atoms with Crippen LogP contribution in [0.15, 0.2) is 41.7 Å². The standard InChI is InChI=1S/C29H28ClF4N5O3/c1-3-24(40)37-6-7-38(15(2)10-37)28-19-9-20(30)25(18-5-4-16(31)8-21(18)32)27-26(19)39(29(41)35-28)17(14-42-27)11-36-12-22(33)23(34)13-36/h3-5,8-9,15,17,22-23H,1,6-7,10-14H2,2H3/t15-,17?,22?,23?/m0/s1. The highest BCUT2D eigenvalue weighted by Gasteiger charge is 2.38. The maximum Gasteiger partial charge on any atom is 0.350 e. The number of nitrogens with zero attached hydrogens (tertiary/aromatic N) is 5. The second-order valence-corrected chi connectivity index (χ2v) is 11.3. The van der Waals surface area contributed by atoms with Gasteiger partial charge in [0.1, 0.15) is 36.4 Å². The molecular weight excluding hydrogens is 578 g/mol. The van der Waals surface area contributed by atoms with Crippen molar-refractivity contribution in [2.24, 2.45) is 0 Å². The average molecular weight is 606 g/mol. The van der Waals surface area contributed by atoms with Gasteiger partial charge in [0.25, 0.3) is 0 Å². The fourth-order valence-corrected chi connectivity index (χ4v) is 6.50. The van der Waals surface area contributed by atoms with Crippen molar-refractivity contribution >= 4 is 34.2 Å².